The lowest BCUT2D eigenvalue weighted by Crippen LogP contribution is -2.10. The predicted molar refractivity (Wildman–Crippen MR) is 89.2 cm³/mol. The molecule has 0 aliphatic rings. The average molecular weight is 267 g/mol. The van der Waals surface area contributed by atoms with Crippen molar-refractivity contribution in [3.63, 3.8) is 0 Å². The number of anilines is 2. The molecule has 0 unspecified atom stereocenters. The van der Waals surface area contributed by atoms with Gasteiger partial charge in [0.2, 0.25) is 0 Å². The minimum Gasteiger partial charge on any atom is -0.345 e. The van der Waals surface area contributed by atoms with Gasteiger partial charge in [0.05, 0.1) is 0 Å². The highest BCUT2D eigenvalue weighted by Gasteiger charge is 2.07. The molecule has 0 N–H and O–H groups in total. The van der Waals surface area contributed by atoms with Gasteiger partial charge >= 0.3 is 0 Å². The van der Waals surface area contributed by atoms with Crippen LogP contribution in [0.2, 0.25) is 0 Å². The summed E-state index contributed by atoms with van der Waals surface area (Å²) in [4.78, 5) is 2.28. The van der Waals surface area contributed by atoms with Gasteiger partial charge in [0.25, 0.3) is 0 Å². The Labute approximate surface area is 123 Å². The van der Waals surface area contributed by atoms with Gasteiger partial charge in [-0.2, -0.15) is 0 Å². The molecule has 0 amide bonds. The number of hydrogen-bond acceptors (Lipinski definition) is 1. The minimum atomic E-state index is 1.08. The van der Waals surface area contributed by atoms with Crippen molar-refractivity contribution < 1.29 is 0 Å². The van der Waals surface area contributed by atoms with E-state index in [1.54, 1.807) is 0 Å². The van der Waals surface area contributed by atoms with E-state index >= 15 is 0 Å². The summed E-state index contributed by atoms with van der Waals surface area (Å²) in [6.45, 7) is 8.80. The summed E-state index contributed by atoms with van der Waals surface area (Å²) >= 11 is 0. The zero-order valence-electron chi connectivity index (χ0n) is 13.3. The molecule has 0 bridgehead atoms. The van der Waals surface area contributed by atoms with E-state index in [9.17, 15) is 0 Å². The van der Waals surface area contributed by atoms with Gasteiger partial charge in [0, 0.05) is 18.4 Å². The first kappa shape index (κ1) is 14.6. The van der Waals surface area contributed by atoms with Gasteiger partial charge in [-0.05, 0) is 73.2 Å². The van der Waals surface area contributed by atoms with Crippen LogP contribution in [0.1, 0.15) is 36.1 Å². The summed E-state index contributed by atoms with van der Waals surface area (Å²) in [6.07, 6.45) is 2.17. The van der Waals surface area contributed by atoms with Crippen LogP contribution in [0.3, 0.4) is 0 Å². The Bertz CT molecular complexity index is 545. The zero-order valence-corrected chi connectivity index (χ0v) is 13.3. The maximum absolute atomic E-state index is 2.31. The Morgan fingerprint density at radius 3 is 1.50 bits per heavy atom. The van der Waals surface area contributed by atoms with Crippen LogP contribution in [0.4, 0.5) is 11.4 Å². The summed E-state index contributed by atoms with van der Waals surface area (Å²) in [5.41, 5.74) is 8.14. The first-order valence-corrected chi connectivity index (χ1v) is 7.49. The lowest BCUT2D eigenvalue weighted by Gasteiger charge is -2.22. The second kappa shape index (κ2) is 6.13. The van der Waals surface area contributed by atoms with Gasteiger partial charge in [0.1, 0.15) is 0 Å². The molecule has 106 valence electrons. The molecule has 0 saturated heterocycles. The molecular formula is C19H25N. The highest BCUT2D eigenvalue weighted by Crippen LogP contribution is 2.27. The number of nitrogens with zero attached hydrogens (tertiary/aromatic N) is 1. The number of rotatable bonds is 4. The van der Waals surface area contributed by atoms with Crippen LogP contribution in [0, 0.1) is 13.8 Å². The molecule has 0 atom stereocenters. The predicted octanol–water partition coefficient (Wildman–Crippen LogP) is 5.20. The lowest BCUT2D eigenvalue weighted by molar-refractivity contribution is 1.08. The molecule has 0 fully saturated rings. The van der Waals surface area contributed by atoms with Gasteiger partial charge in [-0.1, -0.05) is 26.0 Å². The van der Waals surface area contributed by atoms with Crippen molar-refractivity contribution >= 4 is 11.4 Å². The Hall–Kier alpha value is -1.76. The Morgan fingerprint density at radius 1 is 0.750 bits per heavy atom. The van der Waals surface area contributed by atoms with E-state index in [1.165, 1.54) is 33.6 Å². The van der Waals surface area contributed by atoms with Gasteiger partial charge in [-0.15, -0.1) is 0 Å². The van der Waals surface area contributed by atoms with Gasteiger partial charge in [0.15, 0.2) is 0 Å². The van der Waals surface area contributed by atoms with Crippen LogP contribution < -0.4 is 4.90 Å². The third-order valence-corrected chi connectivity index (χ3v) is 4.20. The molecule has 0 radical (unpaired) electrons. The van der Waals surface area contributed by atoms with Crippen LogP contribution in [0.5, 0.6) is 0 Å². The molecule has 2 aromatic carbocycles. The molecule has 1 heteroatoms. The van der Waals surface area contributed by atoms with Crippen molar-refractivity contribution in [1.29, 1.82) is 0 Å². The van der Waals surface area contributed by atoms with E-state index in [0.29, 0.717) is 0 Å². The summed E-state index contributed by atoms with van der Waals surface area (Å²) in [5, 5.41) is 0. The molecule has 0 saturated carbocycles. The maximum atomic E-state index is 2.31. The first-order chi connectivity index (χ1) is 9.56. The van der Waals surface area contributed by atoms with Crippen molar-refractivity contribution in [3.8, 4) is 0 Å². The minimum absolute atomic E-state index is 1.08. The number of benzene rings is 2. The molecule has 0 aliphatic heterocycles. The lowest BCUT2D eigenvalue weighted by atomic mass is 10.0. The van der Waals surface area contributed by atoms with E-state index in [0.717, 1.165) is 12.8 Å². The fourth-order valence-electron chi connectivity index (χ4n) is 2.64. The van der Waals surface area contributed by atoms with Crippen LogP contribution in [-0.4, -0.2) is 7.05 Å². The molecule has 0 aromatic heterocycles. The second-order valence-corrected chi connectivity index (χ2v) is 5.49. The molecule has 0 aliphatic carbocycles. The molecule has 0 spiro atoms. The molecular weight excluding hydrogens is 242 g/mol. The third kappa shape index (κ3) is 2.87. The standard InChI is InChI=1S/C19H25N/c1-6-16-12-18(10-8-14(16)3)20(5)19-11-9-15(4)17(7-2)13-19/h8-13H,6-7H2,1-5H3. The molecule has 2 aromatic rings. The van der Waals surface area contributed by atoms with E-state index in [2.05, 4.69) is 76.0 Å². The third-order valence-electron chi connectivity index (χ3n) is 4.20. The van der Waals surface area contributed by atoms with Crippen molar-refractivity contribution in [3.05, 3.63) is 58.7 Å². The van der Waals surface area contributed by atoms with Crippen LogP contribution in [0.15, 0.2) is 36.4 Å². The van der Waals surface area contributed by atoms with Crippen molar-refractivity contribution in [2.24, 2.45) is 0 Å². The summed E-state index contributed by atoms with van der Waals surface area (Å²) in [5.74, 6) is 0. The fraction of sp³-hybridized carbons (Fsp3) is 0.368. The first-order valence-electron chi connectivity index (χ1n) is 7.49. The zero-order chi connectivity index (χ0) is 14.7. The average Bonchev–Trinajstić information content (AvgIpc) is 2.47. The molecule has 1 nitrogen and oxygen atoms in total. The Morgan fingerprint density at radius 2 is 1.15 bits per heavy atom. The molecule has 2 rings (SSSR count). The monoisotopic (exact) mass is 267 g/mol. The van der Waals surface area contributed by atoms with Gasteiger partial charge < -0.3 is 4.90 Å². The summed E-state index contributed by atoms with van der Waals surface area (Å²) in [7, 11) is 2.15. The van der Waals surface area contributed by atoms with Crippen LogP contribution >= 0.6 is 0 Å². The smallest absolute Gasteiger partial charge is 0.0411 e. The Balaban J connectivity index is 2.38. The summed E-state index contributed by atoms with van der Waals surface area (Å²) < 4.78 is 0. The van der Waals surface area contributed by atoms with E-state index < -0.39 is 0 Å². The highest BCUT2D eigenvalue weighted by atomic mass is 15.1. The van der Waals surface area contributed by atoms with E-state index in [-0.39, 0.29) is 0 Å². The van der Waals surface area contributed by atoms with Gasteiger partial charge in [-0.25, -0.2) is 0 Å². The van der Waals surface area contributed by atoms with E-state index in [1.807, 2.05) is 0 Å². The quantitative estimate of drug-likeness (QED) is 0.736. The summed E-state index contributed by atoms with van der Waals surface area (Å²) in [6, 6.07) is 13.5. The van der Waals surface area contributed by atoms with Crippen LogP contribution in [-0.2, 0) is 12.8 Å². The maximum Gasteiger partial charge on any atom is 0.0411 e. The van der Waals surface area contributed by atoms with Crippen molar-refractivity contribution in [2.45, 2.75) is 40.5 Å². The number of aryl methyl sites for hydroxylation is 4. The SMILES string of the molecule is CCc1cc(N(C)c2ccc(C)c(CC)c2)ccc1C. The van der Waals surface area contributed by atoms with E-state index in [4.69, 9.17) is 0 Å². The Kier molecular flexibility index (Phi) is 4.49. The molecule has 20 heavy (non-hydrogen) atoms. The van der Waals surface area contributed by atoms with Crippen molar-refractivity contribution in [1.82, 2.24) is 0 Å². The number of hydrogen-bond donors (Lipinski definition) is 0. The van der Waals surface area contributed by atoms with Gasteiger partial charge in [-0.3, -0.25) is 0 Å². The van der Waals surface area contributed by atoms with Crippen molar-refractivity contribution in [2.75, 3.05) is 11.9 Å². The highest BCUT2D eigenvalue weighted by molar-refractivity contribution is 5.65. The fourth-order valence-corrected chi connectivity index (χ4v) is 2.64. The second-order valence-electron chi connectivity index (χ2n) is 5.49. The van der Waals surface area contributed by atoms with Crippen LogP contribution in [0.25, 0.3) is 0 Å². The topological polar surface area (TPSA) is 3.24 Å². The normalized spacial score (nSPS) is 10.7. The molecule has 0 heterocycles. The largest absolute Gasteiger partial charge is 0.345 e.